The van der Waals surface area contributed by atoms with Gasteiger partial charge in [0.05, 0.1) is 0 Å². The number of ether oxygens (including phenoxy) is 1. The van der Waals surface area contributed by atoms with E-state index in [1.54, 1.807) is 0 Å². The van der Waals surface area contributed by atoms with Crippen molar-refractivity contribution in [3.8, 4) is 11.5 Å². The van der Waals surface area contributed by atoms with E-state index in [-0.39, 0.29) is 24.8 Å². The summed E-state index contributed by atoms with van der Waals surface area (Å²) < 4.78 is 6.39. The summed E-state index contributed by atoms with van der Waals surface area (Å²) in [6, 6.07) is 13.6. The van der Waals surface area contributed by atoms with Crippen molar-refractivity contribution in [2.24, 2.45) is 0 Å². The van der Waals surface area contributed by atoms with E-state index in [1.807, 2.05) is 0 Å². The largest absolute Gasteiger partial charge is 0.457 e. The molecule has 0 aromatic heterocycles. The molecule has 3 aliphatic heterocycles. The molecule has 2 saturated heterocycles. The second kappa shape index (κ2) is 9.28. The highest BCUT2D eigenvalue weighted by atomic mass is 35.5. The number of hydrogen-bond acceptors (Lipinski definition) is 3. The number of halogens is 2. The van der Waals surface area contributed by atoms with E-state index < -0.39 is 0 Å². The Morgan fingerprint density at radius 3 is 1.43 bits per heavy atom. The molecule has 3 nitrogen and oxygen atoms in total. The number of anilines is 2. The molecule has 2 fully saturated rings. The fraction of sp³-hybridized carbons (Fsp3) is 0.478. The van der Waals surface area contributed by atoms with E-state index in [4.69, 9.17) is 4.74 Å². The van der Waals surface area contributed by atoms with Gasteiger partial charge in [-0.2, -0.15) is 0 Å². The molecule has 0 bridgehead atoms. The first-order valence-electron chi connectivity index (χ1n) is 10.3. The Labute approximate surface area is 180 Å². The molecular weight excluding hydrogens is 391 g/mol. The van der Waals surface area contributed by atoms with Crippen LogP contribution >= 0.6 is 24.8 Å². The van der Waals surface area contributed by atoms with Crippen LogP contribution in [0.25, 0.3) is 0 Å². The number of rotatable bonds is 2. The van der Waals surface area contributed by atoms with E-state index >= 15 is 0 Å². The van der Waals surface area contributed by atoms with Gasteiger partial charge < -0.3 is 14.5 Å². The average Bonchev–Trinajstić information content (AvgIpc) is 2.73. The summed E-state index contributed by atoms with van der Waals surface area (Å²) in [6.45, 7) is 4.70. The van der Waals surface area contributed by atoms with Crippen LogP contribution in [-0.4, -0.2) is 26.2 Å². The van der Waals surface area contributed by atoms with Crippen LogP contribution in [0, 0.1) is 0 Å². The van der Waals surface area contributed by atoms with Crippen LogP contribution in [-0.2, 0) is 6.42 Å². The lowest BCUT2D eigenvalue weighted by Gasteiger charge is -2.31. The SMILES string of the molecule is Cl.Cl.c1cc2c(cc1N1CCCCC1)Oc1cc(N3CCCCC3)ccc1C2. The van der Waals surface area contributed by atoms with Gasteiger partial charge in [-0.25, -0.2) is 0 Å². The smallest absolute Gasteiger partial charge is 0.133 e. The van der Waals surface area contributed by atoms with Gasteiger partial charge >= 0.3 is 0 Å². The molecule has 5 heteroatoms. The highest BCUT2D eigenvalue weighted by Gasteiger charge is 2.21. The molecule has 0 amide bonds. The number of nitrogens with zero attached hydrogens (tertiary/aromatic N) is 2. The third kappa shape index (κ3) is 4.21. The molecule has 0 saturated carbocycles. The Kier molecular flexibility index (Phi) is 7.00. The van der Waals surface area contributed by atoms with Crippen molar-refractivity contribution in [1.82, 2.24) is 0 Å². The van der Waals surface area contributed by atoms with Crippen molar-refractivity contribution in [2.45, 2.75) is 44.9 Å². The molecule has 0 unspecified atom stereocenters. The van der Waals surface area contributed by atoms with Crippen LogP contribution in [0.5, 0.6) is 11.5 Å². The van der Waals surface area contributed by atoms with E-state index in [0.717, 1.165) is 17.9 Å². The van der Waals surface area contributed by atoms with Gasteiger partial charge in [0.15, 0.2) is 0 Å². The molecule has 152 valence electrons. The minimum absolute atomic E-state index is 0. The first-order chi connectivity index (χ1) is 12.9. The summed E-state index contributed by atoms with van der Waals surface area (Å²) in [6.07, 6.45) is 8.93. The minimum Gasteiger partial charge on any atom is -0.457 e. The van der Waals surface area contributed by atoms with Gasteiger partial charge in [0.1, 0.15) is 11.5 Å². The zero-order valence-corrected chi connectivity index (χ0v) is 18.0. The van der Waals surface area contributed by atoms with Gasteiger partial charge in [-0.1, -0.05) is 12.1 Å². The molecule has 28 heavy (non-hydrogen) atoms. The Bertz CT molecular complexity index is 734. The normalized spacial score (nSPS) is 18.1. The molecule has 5 rings (SSSR count). The summed E-state index contributed by atoms with van der Waals surface area (Å²) >= 11 is 0. The van der Waals surface area contributed by atoms with E-state index in [0.29, 0.717) is 0 Å². The van der Waals surface area contributed by atoms with Crippen molar-refractivity contribution in [1.29, 1.82) is 0 Å². The monoisotopic (exact) mass is 420 g/mol. The lowest BCUT2D eigenvalue weighted by atomic mass is 9.98. The predicted octanol–water partition coefficient (Wildman–Crippen LogP) is 6.21. The van der Waals surface area contributed by atoms with Crippen molar-refractivity contribution in [3.63, 3.8) is 0 Å². The highest BCUT2D eigenvalue weighted by Crippen LogP contribution is 2.40. The summed E-state index contributed by atoms with van der Waals surface area (Å²) in [5.74, 6) is 2.10. The van der Waals surface area contributed by atoms with E-state index in [1.165, 1.54) is 87.2 Å². The first kappa shape index (κ1) is 21.1. The Hall–Kier alpha value is -1.58. The molecule has 0 N–H and O–H groups in total. The predicted molar refractivity (Wildman–Crippen MR) is 122 cm³/mol. The standard InChI is InChI=1S/C23H28N2O.2ClH/c1-3-11-24(12-4-1)20-9-7-18-15-19-8-10-21(25-13-5-2-6-14-25)17-23(19)26-22(18)16-20;;/h7-10,16-17H,1-6,11-15H2;2*1H. The van der Waals surface area contributed by atoms with Crippen LogP contribution in [0.4, 0.5) is 11.4 Å². The van der Waals surface area contributed by atoms with Crippen LogP contribution in [0.15, 0.2) is 36.4 Å². The summed E-state index contributed by atoms with van der Waals surface area (Å²) in [4.78, 5) is 5.01. The third-order valence-electron chi connectivity index (χ3n) is 6.14. The van der Waals surface area contributed by atoms with Crippen LogP contribution < -0.4 is 14.5 Å². The minimum atomic E-state index is 0. The second-order valence-electron chi connectivity index (χ2n) is 7.96. The summed E-state index contributed by atoms with van der Waals surface area (Å²) in [5.41, 5.74) is 5.26. The number of fused-ring (bicyclic) bond motifs is 2. The Balaban J connectivity index is 0.00000112. The van der Waals surface area contributed by atoms with Crippen molar-refractivity contribution < 1.29 is 4.74 Å². The van der Waals surface area contributed by atoms with Gasteiger partial charge in [-0.3, -0.25) is 0 Å². The second-order valence-corrected chi connectivity index (χ2v) is 7.96. The van der Waals surface area contributed by atoms with E-state index in [2.05, 4.69) is 46.2 Å². The third-order valence-corrected chi connectivity index (χ3v) is 6.14. The van der Waals surface area contributed by atoms with Gasteiger partial charge in [0.25, 0.3) is 0 Å². The lowest BCUT2D eigenvalue weighted by Crippen LogP contribution is -2.29. The molecule has 0 aliphatic carbocycles. The molecule has 2 aromatic rings. The van der Waals surface area contributed by atoms with Crippen LogP contribution in [0.3, 0.4) is 0 Å². The summed E-state index contributed by atoms with van der Waals surface area (Å²) in [7, 11) is 0. The topological polar surface area (TPSA) is 15.7 Å². The van der Waals surface area contributed by atoms with Gasteiger partial charge in [-0.05, 0) is 61.8 Å². The van der Waals surface area contributed by atoms with Crippen molar-refractivity contribution in [2.75, 3.05) is 36.0 Å². The fourth-order valence-electron chi connectivity index (χ4n) is 4.59. The van der Waals surface area contributed by atoms with Crippen molar-refractivity contribution in [3.05, 3.63) is 47.5 Å². The van der Waals surface area contributed by atoms with Gasteiger partial charge in [0, 0.05) is 56.1 Å². The molecule has 0 radical (unpaired) electrons. The molecule has 2 aromatic carbocycles. The maximum absolute atomic E-state index is 6.39. The molecule has 3 heterocycles. The zero-order valence-electron chi connectivity index (χ0n) is 16.4. The van der Waals surface area contributed by atoms with Crippen LogP contribution in [0.1, 0.15) is 49.7 Å². The van der Waals surface area contributed by atoms with Gasteiger partial charge in [-0.15, -0.1) is 24.8 Å². The lowest BCUT2D eigenvalue weighted by molar-refractivity contribution is 0.459. The average molecular weight is 421 g/mol. The number of hydrogen-bond donors (Lipinski definition) is 0. The maximum Gasteiger partial charge on any atom is 0.133 e. The molecule has 0 spiro atoms. The quantitative estimate of drug-likeness (QED) is 0.490. The zero-order chi connectivity index (χ0) is 17.3. The fourth-order valence-corrected chi connectivity index (χ4v) is 4.59. The molecular formula is C23H30Cl2N2O. The Morgan fingerprint density at radius 2 is 1.00 bits per heavy atom. The molecule has 3 aliphatic rings. The van der Waals surface area contributed by atoms with Crippen molar-refractivity contribution >= 4 is 36.2 Å². The maximum atomic E-state index is 6.39. The first-order valence-corrected chi connectivity index (χ1v) is 10.3. The number of benzene rings is 2. The molecule has 0 atom stereocenters. The summed E-state index contributed by atoms with van der Waals surface area (Å²) in [5, 5.41) is 0. The number of piperidine rings is 2. The van der Waals surface area contributed by atoms with E-state index in [9.17, 15) is 0 Å². The Morgan fingerprint density at radius 1 is 0.571 bits per heavy atom. The van der Waals surface area contributed by atoms with Crippen LogP contribution in [0.2, 0.25) is 0 Å². The van der Waals surface area contributed by atoms with Gasteiger partial charge in [0.2, 0.25) is 0 Å². The highest BCUT2D eigenvalue weighted by molar-refractivity contribution is 5.85.